The van der Waals surface area contributed by atoms with E-state index in [1.54, 1.807) is 15.6 Å². The molecule has 3 rings (SSSR count). The fourth-order valence-electron chi connectivity index (χ4n) is 2.99. The second-order valence-electron chi connectivity index (χ2n) is 7.37. The van der Waals surface area contributed by atoms with Crippen LogP contribution in [0.25, 0.3) is 5.69 Å². The first-order chi connectivity index (χ1) is 12.2. The van der Waals surface area contributed by atoms with Crippen LogP contribution in [0.1, 0.15) is 45.4 Å². The summed E-state index contributed by atoms with van der Waals surface area (Å²) in [5.74, 6) is 0.472. The molecular formula is C18H22ClFN4O2. The third-order valence-corrected chi connectivity index (χ3v) is 4.52. The van der Waals surface area contributed by atoms with Gasteiger partial charge in [-0.2, -0.15) is 5.10 Å². The van der Waals surface area contributed by atoms with Crippen LogP contribution in [0, 0.1) is 5.82 Å². The molecule has 1 aromatic carbocycles. The van der Waals surface area contributed by atoms with Gasteiger partial charge in [0.05, 0.1) is 10.7 Å². The summed E-state index contributed by atoms with van der Waals surface area (Å²) < 4.78 is 20.5. The van der Waals surface area contributed by atoms with E-state index in [4.69, 9.17) is 16.3 Å². The van der Waals surface area contributed by atoms with Crippen molar-refractivity contribution in [3.05, 3.63) is 41.2 Å². The summed E-state index contributed by atoms with van der Waals surface area (Å²) in [7, 11) is 0. The third-order valence-electron chi connectivity index (χ3n) is 4.23. The number of rotatable bonds is 2. The Kier molecular flexibility index (Phi) is 5.18. The SMILES string of the molecule is CC(C)(C)OC(=O)N1CCC(c2ncnn2-c2ccc(F)c(Cl)c2)CC1. The standard InChI is InChI=1S/C18H22ClFN4O2/c1-18(2,3)26-17(25)23-8-6-12(7-9-23)16-21-11-22-24(16)13-4-5-15(20)14(19)10-13/h4-5,10-12H,6-9H2,1-3H3. The number of nitrogens with zero attached hydrogens (tertiary/aromatic N) is 4. The van der Waals surface area contributed by atoms with E-state index in [0.717, 1.165) is 18.7 Å². The number of hydrogen-bond donors (Lipinski definition) is 0. The lowest BCUT2D eigenvalue weighted by Gasteiger charge is -2.33. The van der Waals surface area contributed by atoms with Gasteiger partial charge in [-0.05, 0) is 51.8 Å². The molecule has 1 aliphatic rings. The van der Waals surface area contributed by atoms with Gasteiger partial charge in [-0.15, -0.1) is 0 Å². The minimum atomic E-state index is -0.504. The fourth-order valence-corrected chi connectivity index (χ4v) is 3.17. The Morgan fingerprint density at radius 3 is 2.62 bits per heavy atom. The number of ether oxygens (including phenoxy) is 1. The topological polar surface area (TPSA) is 60.2 Å². The molecule has 2 aromatic rings. The summed E-state index contributed by atoms with van der Waals surface area (Å²) in [4.78, 5) is 18.3. The lowest BCUT2D eigenvalue weighted by molar-refractivity contribution is 0.0202. The highest BCUT2D eigenvalue weighted by molar-refractivity contribution is 6.30. The maximum Gasteiger partial charge on any atom is 0.410 e. The lowest BCUT2D eigenvalue weighted by atomic mass is 9.96. The summed E-state index contributed by atoms with van der Waals surface area (Å²) in [6.45, 7) is 6.75. The van der Waals surface area contributed by atoms with Gasteiger partial charge in [-0.1, -0.05) is 11.6 Å². The summed E-state index contributed by atoms with van der Waals surface area (Å²) in [6.07, 6.45) is 2.70. The minimum Gasteiger partial charge on any atom is -0.444 e. The molecule has 0 bridgehead atoms. The minimum absolute atomic E-state index is 0.0451. The van der Waals surface area contributed by atoms with Crippen molar-refractivity contribution in [2.24, 2.45) is 0 Å². The molecule has 1 aliphatic heterocycles. The highest BCUT2D eigenvalue weighted by Crippen LogP contribution is 2.29. The van der Waals surface area contributed by atoms with Gasteiger partial charge in [0.15, 0.2) is 0 Å². The van der Waals surface area contributed by atoms with E-state index in [0.29, 0.717) is 18.8 Å². The van der Waals surface area contributed by atoms with Gasteiger partial charge in [0.25, 0.3) is 0 Å². The van der Waals surface area contributed by atoms with Gasteiger partial charge in [-0.25, -0.2) is 18.9 Å². The van der Waals surface area contributed by atoms with Crippen LogP contribution in [0.15, 0.2) is 24.5 Å². The number of halogens is 2. The fraction of sp³-hybridized carbons (Fsp3) is 0.500. The van der Waals surface area contributed by atoms with Crippen LogP contribution in [-0.4, -0.2) is 44.4 Å². The van der Waals surface area contributed by atoms with Gasteiger partial charge in [0.2, 0.25) is 0 Å². The summed E-state index contributed by atoms with van der Waals surface area (Å²) in [5, 5.41) is 4.30. The molecular weight excluding hydrogens is 359 g/mol. The molecule has 0 radical (unpaired) electrons. The second kappa shape index (κ2) is 7.23. The third kappa shape index (κ3) is 4.15. The van der Waals surface area contributed by atoms with Crippen LogP contribution < -0.4 is 0 Å². The predicted octanol–water partition coefficient (Wildman–Crippen LogP) is 4.17. The molecule has 1 fully saturated rings. The molecule has 0 unspecified atom stereocenters. The highest BCUT2D eigenvalue weighted by atomic mass is 35.5. The van der Waals surface area contributed by atoms with Crippen molar-refractivity contribution >= 4 is 17.7 Å². The van der Waals surface area contributed by atoms with E-state index in [-0.39, 0.29) is 17.0 Å². The molecule has 2 heterocycles. The summed E-state index contributed by atoms with van der Waals surface area (Å²) in [6, 6.07) is 4.47. The van der Waals surface area contributed by atoms with Crippen molar-refractivity contribution in [1.29, 1.82) is 0 Å². The van der Waals surface area contributed by atoms with Crippen molar-refractivity contribution in [3.8, 4) is 5.69 Å². The maximum atomic E-state index is 13.4. The molecule has 1 aromatic heterocycles. The zero-order chi connectivity index (χ0) is 18.9. The number of amides is 1. The Morgan fingerprint density at radius 1 is 1.31 bits per heavy atom. The molecule has 0 saturated carbocycles. The number of likely N-dealkylation sites (tertiary alicyclic amines) is 1. The van der Waals surface area contributed by atoms with Gasteiger partial charge >= 0.3 is 6.09 Å². The van der Waals surface area contributed by atoms with Crippen LogP contribution in [0.5, 0.6) is 0 Å². The monoisotopic (exact) mass is 380 g/mol. The van der Waals surface area contributed by atoms with E-state index in [1.807, 2.05) is 20.8 Å². The zero-order valence-corrected chi connectivity index (χ0v) is 15.8. The van der Waals surface area contributed by atoms with Crippen molar-refractivity contribution in [3.63, 3.8) is 0 Å². The average molecular weight is 381 g/mol. The van der Waals surface area contributed by atoms with E-state index in [1.165, 1.54) is 18.5 Å². The van der Waals surface area contributed by atoms with E-state index < -0.39 is 11.4 Å². The first kappa shape index (κ1) is 18.6. The maximum absolute atomic E-state index is 13.4. The van der Waals surface area contributed by atoms with Crippen LogP contribution in [0.3, 0.4) is 0 Å². The zero-order valence-electron chi connectivity index (χ0n) is 15.1. The number of carbonyl (C=O) groups is 1. The van der Waals surface area contributed by atoms with Crippen molar-refractivity contribution in [2.45, 2.75) is 45.1 Å². The number of hydrogen-bond acceptors (Lipinski definition) is 4. The Labute approximate surface area is 156 Å². The second-order valence-corrected chi connectivity index (χ2v) is 7.78. The first-order valence-corrected chi connectivity index (χ1v) is 8.95. The Hall–Kier alpha value is -2.15. The quantitative estimate of drug-likeness (QED) is 0.784. The van der Waals surface area contributed by atoms with E-state index in [2.05, 4.69) is 10.1 Å². The summed E-state index contributed by atoms with van der Waals surface area (Å²) in [5.41, 5.74) is 0.161. The first-order valence-electron chi connectivity index (χ1n) is 8.58. The van der Waals surface area contributed by atoms with Crippen LogP contribution >= 0.6 is 11.6 Å². The van der Waals surface area contributed by atoms with Crippen molar-refractivity contribution in [2.75, 3.05) is 13.1 Å². The molecule has 0 aliphatic carbocycles. The van der Waals surface area contributed by atoms with E-state index in [9.17, 15) is 9.18 Å². The molecule has 26 heavy (non-hydrogen) atoms. The highest BCUT2D eigenvalue weighted by Gasteiger charge is 2.29. The molecule has 0 spiro atoms. The van der Waals surface area contributed by atoms with Crippen molar-refractivity contribution < 1.29 is 13.9 Å². The van der Waals surface area contributed by atoms with Crippen LogP contribution in [-0.2, 0) is 4.74 Å². The van der Waals surface area contributed by atoms with Crippen molar-refractivity contribution in [1.82, 2.24) is 19.7 Å². The molecule has 6 nitrogen and oxygen atoms in total. The summed E-state index contributed by atoms with van der Waals surface area (Å²) >= 11 is 5.88. The number of piperidine rings is 1. The molecule has 1 amide bonds. The van der Waals surface area contributed by atoms with Crippen LogP contribution in [0.4, 0.5) is 9.18 Å². The normalized spacial score (nSPS) is 16.0. The Morgan fingerprint density at radius 2 is 2.00 bits per heavy atom. The predicted molar refractivity (Wildman–Crippen MR) is 96.1 cm³/mol. The van der Waals surface area contributed by atoms with Gasteiger partial charge in [0, 0.05) is 19.0 Å². The molecule has 8 heteroatoms. The van der Waals surface area contributed by atoms with Gasteiger partial charge in [-0.3, -0.25) is 0 Å². The van der Waals surface area contributed by atoms with Crippen LogP contribution in [0.2, 0.25) is 5.02 Å². The molecule has 0 N–H and O–H groups in total. The molecule has 140 valence electrons. The van der Waals surface area contributed by atoms with Gasteiger partial charge in [0.1, 0.15) is 23.6 Å². The van der Waals surface area contributed by atoms with E-state index >= 15 is 0 Å². The Balaban J connectivity index is 1.70. The Bertz CT molecular complexity index is 795. The lowest BCUT2D eigenvalue weighted by Crippen LogP contribution is -2.41. The van der Waals surface area contributed by atoms with Gasteiger partial charge < -0.3 is 9.64 Å². The largest absolute Gasteiger partial charge is 0.444 e. The molecule has 0 atom stereocenters. The number of benzene rings is 1. The smallest absolute Gasteiger partial charge is 0.410 e. The average Bonchev–Trinajstić information content (AvgIpc) is 3.05. The number of carbonyl (C=O) groups excluding carboxylic acids is 1. The number of aromatic nitrogens is 3. The molecule has 1 saturated heterocycles.